The largest absolute Gasteiger partial charge is 0.501 e. The van der Waals surface area contributed by atoms with Crippen molar-refractivity contribution in [2.75, 3.05) is 6.61 Å². The lowest BCUT2D eigenvalue weighted by atomic mass is 10.2. The van der Waals surface area contributed by atoms with Crippen molar-refractivity contribution in [3.8, 4) is 0 Å². The first-order valence-electron chi connectivity index (χ1n) is 5.96. The molecule has 0 atom stereocenters. The summed E-state index contributed by atoms with van der Waals surface area (Å²) in [4.78, 5) is 0. The van der Waals surface area contributed by atoms with E-state index in [0.717, 1.165) is 13.0 Å². The highest BCUT2D eigenvalue weighted by molar-refractivity contribution is 7.79. The summed E-state index contributed by atoms with van der Waals surface area (Å²) in [7, 11) is -4.67. The predicted molar refractivity (Wildman–Crippen MR) is 85.2 cm³/mol. The fourth-order valence-corrected chi connectivity index (χ4v) is 1.19. The molecule has 0 spiro atoms. The maximum atomic E-state index is 8.74. The Labute approximate surface area is 126 Å². The van der Waals surface area contributed by atoms with Crippen molar-refractivity contribution in [1.29, 1.82) is 0 Å². The lowest BCUT2D eigenvalue weighted by Crippen LogP contribution is -1.89. The molecular formula is C13H26N2O5S. The first-order valence-corrected chi connectivity index (χ1v) is 7.36. The Kier molecular flexibility index (Phi) is 17.5. The summed E-state index contributed by atoms with van der Waals surface area (Å²) in [5.41, 5.74) is 1.18. The molecule has 21 heavy (non-hydrogen) atoms. The molecule has 8 N–H and O–H groups in total. The maximum absolute atomic E-state index is 8.74. The van der Waals surface area contributed by atoms with Crippen LogP contribution in [0.2, 0.25) is 0 Å². The average Bonchev–Trinajstić information content (AvgIpc) is 2.33. The van der Waals surface area contributed by atoms with Crippen LogP contribution in [0.15, 0.2) is 36.6 Å². The molecule has 0 aliphatic rings. The lowest BCUT2D eigenvalue weighted by molar-refractivity contribution is 0.244. The molecule has 0 aromatic heterocycles. The summed E-state index contributed by atoms with van der Waals surface area (Å²) in [6.45, 7) is 3.02. The minimum atomic E-state index is -4.67. The van der Waals surface area contributed by atoms with E-state index in [1.54, 1.807) is 6.26 Å². The molecular weight excluding hydrogens is 296 g/mol. The van der Waals surface area contributed by atoms with E-state index in [-0.39, 0.29) is 12.3 Å². The van der Waals surface area contributed by atoms with Gasteiger partial charge in [0.25, 0.3) is 0 Å². The third kappa shape index (κ3) is 24.0. The SMILES string of the molecule is CCCCCOC=Cc1ccccc1.N.N.O=S(=O)(O)O. The summed E-state index contributed by atoms with van der Waals surface area (Å²) in [5, 5.41) is 0. The van der Waals surface area contributed by atoms with Crippen molar-refractivity contribution in [2.45, 2.75) is 26.2 Å². The highest BCUT2D eigenvalue weighted by Crippen LogP contribution is 2.01. The summed E-state index contributed by atoms with van der Waals surface area (Å²) >= 11 is 0. The number of hydrogen-bond donors (Lipinski definition) is 4. The Bertz CT molecular complexity index is 441. The molecule has 0 saturated carbocycles. The van der Waals surface area contributed by atoms with Crippen molar-refractivity contribution < 1.29 is 22.3 Å². The molecule has 0 unspecified atom stereocenters. The van der Waals surface area contributed by atoms with E-state index in [1.165, 1.54) is 18.4 Å². The van der Waals surface area contributed by atoms with E-state index in [4.69, 9.17) is 22.3 Å². The fourth-order valence-electron chi connectivity index (χ4n) is 1.19. The van der Waals surface area contributed by atoms with Gasteiger partial charge in [-0.2, -0.15) is 8.42 Å². The third-order valence-corrected chi connectivity index (χ3v) is 2.02. The van der Waals surface area contributed by atoms with Gasteiger partial charge in [-0.1, -0.05) is 50.1 Å². The second-order valence-electron chi connectivity index (χ2n) is 3.74. The number of hydrogen-bond acceptors (Lipinski definition) is 5. The fraction of sp³-hybridized carbons (Fsp3) is 0.385. The normalized spacial score (nSPS) is 9.86. The van der Waals surface area contributed by atoms with Crippen LogP contribution in [0.4, 0.5) is 0 Å². The van der Waals surface area contributed by atoms with Crippen molar-refractivity contribution in [1.82, 2.24) is 12.3 Å². The summed E-state index contributed by atoms with van der Waals surface area (Å²) < 4.78 is 36.9. The molecule has 8 heteroatoms. The number of unbranched alkanes of at least 4 members (excludes halogenated alkanes) is 2. The van der Waals surface area contributed by atoms with Gasteiger partial charge in [0, 0.05) is 0 Å². The van der Waals surface area contributed by atoms with Crippen molar-refractivity contribution >= 4 is 16.5 Å². The molecule has 0 aliphatic carbocycles. The van der Waals surface area contributed by atoms with Gasteiger partial charge in [0.2, 0.25) is 0 Å². The molecule has 0 bridgehead atoms. The van der Waals surface area contributed by atoms with Crippen LogP contribution >= 0.6 is 0 Å². The molecule has 0 radical (unpaired) electrons. The van der Waals surface area contributed by atoms with Gasteiger partial charge in [0.05, 0.1) is 12.9 Å². The maximum Gasteiger partial charge on any atom is 0.394 e. The average molecular weight is 322 g/mol. The minimum absolute atomic E-state index is 0. The van der Waals surface area contributed by atoms with E-state index in [0.29, 0.717) is 0 Å². The van der Waals surface area contributed by atoms with Crippen molar-refractivity contribution in [3.05, 3.63) is 42.2 Å². The molecule has 0 aliphatic heterocycles. The first kappa shape index (κ1) is 24.6. The van der Waals surface area contributed by atoms with Gasteiger partial charge in [-0.15, -0.1) is 0 Å². The van der Waals surface area contributed by atoms with Gasteiger partial charge in [-0.05, 0) is 18.1 Å². The quantitative estimate of drug-likeness (QED) is 0.354. The zero-order chi connectivity index (χ0) is 14.6. The van der Waals surface area contributed by atoms with Crippen LogP contribution in [-0.4, -0.2) is 24.1 Å². The van der Waals surface area contributed by atoms with Crippen LogP contribution in [0.25, 0.3) is 6.08 Å². The highest BCUT2D eigenvalue weighted by atomic mass is 32.3. The van der Waals surface area contributed by atoms with Crippen molar-refractivity contribution in [3.63, 3.8) is 0 Å². The predicted octanol–water partition coefficient (Wildman–Crippen LogP) is 3.54. The number of rotatable bonds is 6. The van der Waals surface area contributed by atoms with E-state index in [1.807, 2.05) is 24.3 Å². The summed E-state index contributed by atoms with van der Waals surface area (Å²) in [6.07, 6.45) is 7.41. The molecule has 0 fully saturated rings. The minimum Gasteiger partial charge on any atom is -0.501 e. The molecule has 1 rings (SSSR count). The zero-order valence-electron chi connectivity index (χ0n) is 12.3. The van der Waals surface area contributed by atoms with Gasteiger partial charge >= 0.3 is 10.4 Å². The van der Waals surface area contributed by atoms with Gasteiger partial charge in [0.1, 0.15) is 0 Å². The van der Waals surface area contributed by atoms with Gasteiger partial charge in [0.15, 0.2) is 0 Å². The summed E-state index contributed by atoms with van der Waals surface area (Å²) in [6, 6.07) is 10.2. The Morgan fingerprint density at radius 2 is 1.62 bits per heavy atom. The van der Waals surface area contributed by atoms with Crippen LogP contribution in [0.5, 0.6) is 0 Å². The van der Waals surface area contributed by atoms with E-state index < -0.39 is 10.4 Å². The lowest BCUT2D eigenvalue weighted by Gasteiger charge is -1.98. The Morgan fingerprint density at radius 1 is 1.10 bits per heavy atom. The molecule has 1 aromatic rings. The van der Waals surface area contributed by atoms with Crippen LogP contribution in [0.1, 0.15) is 31.7 Å². The van der Waals surface area contributed by atoms with Crippen LogP contribution in [-0.2, 0) is 15.1 Å². The van der Waals surface area contributed by atoms with Crippen LogP contribution in [0, 0.1) is 0 Å². The molecule has 0 amide bonds. The van der Waals surface area contributed by atoms with Crippen LogP contribution < -0.4 is 12.3 Å². The second kappa shape index (κ2) is 14.9. The van der Waals surface area contributed by atoms with Crippen molar-refractivity contribution in [2.24, 2.45) is 0 Å². The van der Waals surface area contributed by atoms with Gasteiger partial charge in [-0.3, -0.25) is 9.11 Å². The smallest absolute Gasteiger partial charge is 0.394 e. The van der Waals surface area contributed by atoms with E-state index in [9.17, 15) is 0 Å². The van der Waals surface area contributed by atoms with Gasteiger partial charge in [-0.25, -0.2) is 0 Å². The topological polar surface area (TPSA) is 154 Å². The Morgan fingerprint density at radius 3 is 2.10 bits per heavy atom. The Balaban J connectivity index is -0.000000405. The highest BCUT2D eigenvalue weighted by Gasteiger charge is 1.85. The van der Waals surface area contributed by atoms with E-state index in [2.05, 4.69) is 19.1 Å². The van der Waals surface area contributed by atoms with Gasteiger partial charge < -0.3 is 17.0 Å². The molecule has 1 aromatic carbocycles. The zero-order valence-corrected chi connectivity index (χ0v) is 13.1. The molecule has 0 saturated heterocycles. The van der Waals surface area contributed by atoms with Crippen LogP contribution in [0.3, 0.4) is 0 Å². The number of ether oxygens (including phenoxy) is 1. The summed E-state index contributed by atoms with van der Waals surface area (Å²) in [5.74, 6) is 0. The van der Waals surface area contributed by atoms with E-state index >= 15 is 0 Å². The molecule has 0 heterocycles. The first-order chi connectivity index (χ1) is 8.93. The molecule has 7 nitrogen and oxygen atoms in total. The Hall–Kier alpha value is -1.45. The second-order valence-corrected chi connectivity index (χ2v) is 4.63. The third-order valence-electron chi connectivity index (χ3n) is 2.02. The molecule has 124 valence electrons. The standard InChI is InChI=1S/C13H18O.2H3N.H2O4S/c1-2-3-7-11-14-12-10-13-8-5-4-6-9-13;;;1-5(2,3)4/h4-6,8-10,12H,2-3,7,11H2,1H3;2*1H3;(H2,1,2,3,4). The number of benzene rings is 1. The monoisotopic (exact) mass is 322 g/mol.